The number of Topliss-reactive ketones (excluding diaryl/α,β-unsaturated/α-hetero) is 1. The predicted molar refractivity (Wildman–Crippen MR) is 65.0 cm³/mol. The van der Waals surface area contributed by atoms with Crippen LogP contribution in [0.25, 0.3) is 0 Å². The lowest BCUT2D eigenvalue weighted by atomic mass is 9.84. The van der Waals surface area contributed by atoms with Crippen molar-refractivity contribution in [3.8, 4) is 0 Å². The Morgan fingerprint density at radius 3 is 1.88 bits per heavy atom. The summed E-state index contributed by atoms with van der Waals surface area (Å²) in [5.41, 5.74) is 4.76. The molecule has 0 saturated heterocycles. The summed E-state index contributed by atoms with van der Waals surface area (Å²) in [4.78, 5) is 25.2. The minimum absolute atomic E-state index is 0.0787. The molecule has 0 saturated carbocycles. The fourth-order valence-electron chi connectivity index (χ4n) is 1.74. The van der Waals surface area contributed by atoms with Gasteiger partial charge in [-0.25, -0.2) is 0 Å². The van der Waals surface area contributed by atoms with Gasteiger partial charge in [0, 0.05) is 11.8 Å². The molecular formula is C12H24N2O2. The largest absolute Gasteiger partial charge is 0.370 e. The van der Waals surface area contributed by atoms with Gasteiger partial charge < -0.3 is 5.73 Å². The number of nitrogens with two attached hydrogens (primary N) is 1. The fraction of sp³-hybridized carbons (Fsp3) is 0.833. The Morgan fingerprint density at radius 2 is 1.62 bits per heavy atom. The topological polar surface area (TPSA) is 63.4 Å². The molecule has 0 heterocycles. The quantitative estimate of drug-likeness (QED) is 0.742. The molecule has 4 heteroatoms. The molecule has 0 spiro atoms. The standard InChI is InChI=1S/C12H24N2O2/c1-6-14(7-2)9(8-10(13)15)11(16)12(3,4)5/h9H,6-8H2,1-5H3,(H2,13,15). The van der Waals surface area contributed by atoms with Crippen molar-refractivity contribution in [1.29, 1.82) is 0 Å². The van der Waals surface area contributed by atoms with Crippen LogP contribution in [0.5, 0.6) is 0 Å². The Bertz CT molecular complexity index is 252. The predicted octanol–water partition coefficient (Wildman–Crippen LogP) is 1.19. The van der Waals surface area contributed by atoms with E-state index in [4.69, 9.17) is 5.73 Å². The number of hydrogen-bond acceptors (Lipinski definition) is 3. The van der Waals surface area contributed by atoms with Gasteiger partial charge in [0.2, 0.25) is 5.91 Å². The van der Waals surface area contributed by atoms with E-state index in [-0.39, 0.29) is 18.2 Å². The lowest BCUT2D eigenvalue weighted by Crippen LogP contribution is -2.47. The number of carbonyl (C=O) groups is 2. The minimum Gasteiger partial charge on any atom is -0.370 e. The highest BCUT2D eigenvalue weighted by Gasteiger charge is 2.33. The Morgan fingerprint density at radius 1 is 1.19 bits per heavy atom. The maximum atomic E-state index is 12.2. The van der Waals surface area contributed by atoms with Gasteiger partial charge in [-0.05, 0) is 13.1 Å². The van der Waals surface area contributed by atoms with Crippen molar-refractivity contribution in [1.82, 2.24) is 4.90 Å². The normalized spacial score (nSPS) is 13.9. The first-order valence-corrected chi connectivity index (χ1v) is 5.80. The second kappa shape index (κ2) is 5.99. The summed E-state index contributed by atoms with van der Waals surface area (Å²) in [7, 11) is 0. The van der Waals surface area contributed by atoms with Crippen LogP contribution in [0.2, 0.25) is 0 Å². The van der Waals surface area contributed by atoms with E-state index in [0.717, 1.165) is 13.1 Å². The first-order chi connectivity index (χ1) is 7.23. The van der Waals surface area contributed by atoms with Crippen LogP contribution in [0, 0.1) is 5.41 Å². The zero-order valence-corrected chi connectivity index (χ0v) is 11.0. The molecule has 0 aliphatic rings. The Labute approximate surface area is 98.2 Å². The van der Waals surface area contributed by atoms with Crippen molar-refractivity contribution < 1.29 is 9.59 Å². The second-order valence-corrected chi connectivity index (χ2v) is 5.02. The molecular weight excluding hydrogens is 204 g/mol. The third-order valence-corrected chi connectivity index (χ3v) is 2.69. The highest BCUT2D eigenvalue weighted by atomic mass is 16.1. The number of primary amides is 1. The maximum absolute atomic E-state index is 12.2. The Kier molecular flexibility index (Phi) is 5.65. The van der Waals surface area contributed by atoms with Crippen LogP contribution in [0.4, 0.5) is 0 Å². The molecule has 0 radical (unpaired) electrons. The smallest absolute Gasteiger partial charge is 0.219 e. The van der Waals surface area contributed by atoms with E-state index in [1.165, 1.54) is 0 Å². The zero-order chi connectivity index (χ0) is 12.9. The first kappa shape index (κ1) is 15.1. The molecule has 0 aliphatic heterocycles. The van der Waals surface area contributed by atoms with Crippen molar-refractivity contribution >= 4 is 11.7 Å². The summed E-state index contributed by atoms with van der Waals surface area (Å²) in [6, 6.07) is -0.382. The van der Waals surface area contributed by atoms with Crippen LogP contribution in [0.15, 0.2) is 0 Å². The molecule has 0 aliphatic carbocycles. The summed E-state index contributed by atoms with van der Waals surface area (Å²) in [6.07, 6.45) is 0.109. The number of amides is 1. The monoisotopic (exact) mass is 228 g/mol. The average Bonchev–Trinajstić information content (AvgIpc) is 2.15. The van der Waals surface area contributed by atoms with Gasteiger partial charge in [-0.3, -0.25) is 14.5 Å². The Hall–Kier alpha value is -0.900. The van der Waals surface area contributed by atoms with Crippen LogP contribution in [-0.4, -0.2) is 35.7 Å². The molecule has 0 bridgehead atoms. The van der Waals surface area contributed by atoms with Crippen LogP contribution in [0.1, 0.15) is 41.0 Å². The third kappa shape index (κ3) is 4.31. The van der Waals surface area contributed by atoms with Gasteiger partial charge in [0.15, 0.2) is 5.78 Å². The summed E-state index contributed by atoms with van der Waals surface area (Å²) < 4.78 is 0. The summed E-state index contributed by atoms with van der Waals surface area (Å²) >= 11 is 0. The lowest BCUT2D eigenvalue weighted by molar-refractivity contribution is -0.134. The number of nitrogens with zero attached hydrogens (tertiary/aromatic N) is 1. The summed E-state index contributed by atoms with van der Waals surface area (Å²) in [5, 5.41) is 0. The molecule has 0 aromatic heterocycles. The molecule has 0 fully saturated rings. The van der Waals surface area contributed by atoms with E-state index in [2.05, 4.69) is 0 Å². The van der Waals surface area contributed by atoms with Crippen molar-refractivity contribution in [2.24, 2.45) is 11.1 Å². The number of hydrogen-bond donors (Lipinski definition) is 1. The van der Waals surface area contributed by atoms with Crippen LogP contribution in [0.3, 0.4) is 0 Å². The first-order valence-electron chi connectivity index (χ1n) is 5.80. The van der Waals surface area contributed by atoms with Gasteiger partial charge >= 0.3 is 0 Å². The summed E-state index contributed by atoms with van der Waals surface area (Å²) in [5.74, 6) is -0.343. The number of ketones is 1. The van der Waals surface area contributed by atoms with Gasteiger partial charge in [-0.1, -0.05) is 34.6 Å². The summed E-state index contributed by atoms with van der Waals surface area (Å²) in [6.45, 7) is 11.1. The number of rotatable bonds is 6. The highest BCUT2D eigenvalue weighted by Crippen LogP contribution is 2.21. The van der Waals surface area contributed by atoms with Crippen LogP contribution >= 0.6 is 0 Å². The molecule has 16 heavy (non-hydrogen) atoms. The van der Waals surface area contributed by atoms with E-state index in [9.17, 15) is 9.59 Å². The molecule has 1 unspecified atom stereocenters. The zero-order valence-electron chi connectivity index (χ0n) is 11.0. The molecule has 0 rings (SSSR count). The molecule has 0 aromatic carbocycles. The van der Waals surface area contributed by atoms with Gasteiger partial charge in [0.05, 0.1) is 6.04 Å². The van der Waals surface area contributed by atoms with E-state index in [1.807, 2.05) is 39.5 Å². The highest BCUT2D eigenvalue weighted by molar-refractivity contribution is 5.92. The van der Waals surface area contributed by atoms with Crippen molar-refractivity contribution in [2.45, 2.75) is 47.1 Å². The molecule has 2 N–H and O–H groups in total. The van der Waals surface area contributed by atoms with Gasteiger partial charge in [-0.2, -0.15) is 0 Å². The second-order valence-electron chi connectivity index (χ2n) is 5.02. The molecule has 1 atom stereocenters. The van der Waals surface area contributed by atoms with E-state index in [0.29, 0.717) is 0 Å². The van der Waals surface area contributed by atoms with Crippen LogP contribution in [-0.2, 0) is 9.59 Å². The van der Waals surface area contributed by atoms with Gasteiger partial charge in [0.25, 0.3) is 0 Å². The minimum atomic E-state index is -0.442. The van der Waals surface area contributed by atoms with E-state index >= 15 is 0 Å². The van der Waals surface area contributed by atoms with Crippen molar-refractivity contribution in [3.05, 3.63) is 0 Å². The SMILES string of the molecule is CCN(CC)C(CC(N)=O)C(=O)C(C)(C)C. The van der Waals surface area contributed by atoms with Gasteiger partial charge in [0.1, 0.15) is 0 Å². The number of likely N-dealkylation sites (N-methyl/N-ethyl adjacent to an activating group) is 1. The molecule has 94 valence electrons. The lowest BCUT2D eigenvalue weighted by Gasteiger charge is -2.32. The van der Waals surface area contributed by atoms with Gasteiger partial charge in [-0.15, -0.1) is 0 Å². The van der Waals surface area contributed by atoms with Crippen LogP contribution < -0.4 is 5.73 Å². The average molecular weight is 228 g/mol. The molecule has 0 aromatic rings. The molecule has 1 amide bonds. The number of carbonyl (C=O) groups excluding carboxylic acids is 2. The fourth-order valence-corrected chi connectivity index (χ4v) is 1.74. The maximum Gasteiger partial charge on any atom is 0.219 e. The van der Waals surface area contributed by atoms with Crippen molar-refractivity contribution in [2.75, 3.05) is 13.1 Å². The molecule has 4 nitrogen and oxygen atoms in total. The van der Waals surface area contributed by atoms with E-state index < -0.39 is 11.3 Å². The van der Waals surface area contributed by atoms with Crippen molar-refractivity contribution in [3.63, 3.8) is 0 Å². The Balaban J connectivity index is 4.93. The third-order valence-electron chi connectivity index (χ3n) is 2.69. The van der Waals surface area contributed by atoms with E-state index in [1.54, 1.807) is 0 Å².